The number of fused-ring (bicyclic) bond motifs is 1. The molecule has 0 aliphatic rings. The normalized spacial score (nSPS) is 10.5. The van der Waals surface area contributed by atoms with Crippen molar-refractivity contribution in [3.8, 4) is 5.75 Å². The van der Waals surface area contributed by atoms with Gasteiger partial charge in [0.25, 0.3) is 0 Å². The number of anilines is 1. The van der Waals surface area contributed by atoms with Crippen molar-refractivity contribution in [1.29, 1.82) is 0 Å². The van der Waals surface area contributed by atoms with E-state index in [2.05, 4.69) is 5.32 Å². The molecule has 3 nitrogen and oxygen atoms in total. The van der Waals surface area contributed by atoms with E-state index in [0.717, 1.165) is 22.9 Å². The maximum absolute atomic E-state index is 13.4. The molecule has 5 heteroatoms. The zero-order valence-corrected chi connectivity index (χ0v) is 11.3. The van der Waals surface area contributed by atoms with Gasteiger partial charge in [0.05, 0.1) is 5.69 Å². The van der Waals surface area contributed by atoms with Crippen molar-refractivity contribution < 1.29 is 18.3 Å². The number of hydrogen-bond donors (Lipinski definition) is 1. The molecule has 22 heavy (non-hydrogen) atoms. The smallest absolute Gasteiger partial charge is 0.410 e. The number of carbonyl (C=O) groups is 1. The zero-order valence-electron chi connectivity index (χ0n) is 11.3. The lowest BCUT2D eigenvalue weighted by Crippen LogP contribution is -2.17. The Balaban J connectivity index is 1.75. The van der Waals surface area contributed by atoms with Gasteiger partial charge in [-0.1, -0.05) is 30.3 Å². The summed E-state index contributed by atoms with van der Waals surface area (Å²) in [4.78, 5) is 11.8. The lowest BCUT2D eigenvalue weighted by atomic mass is 10.1. The van der Waals surface area contributed by atoms with E-state index in [1.54, 1.807) is 12.1 Å². The Hall–Kier alpha value is -2.95. The first-order valence-corrected chi connectivity index (χ1v) is 6.54. The quantitative estimate of drug-likeness (QED) is 0.743. The summed E-state index contributed by atoms with van der Waals surface area (Å²) < 4.78 is 31.3. The Kier molecular flexibility index (Phi) is 3.70. The fraction of sp³-hybridized carbons (Fsp3) is 0. The highest BCUT2D eigenvalue weighted by atomic mass is 19.1. The second-order valence-corrected chi connectivity index (χ2v) is 4.65. The maximum Gasteiger partial charge on any atom is 0.417 e. The molecule has 1 amide bonds. The van der Waals surface area contributed by atoms with Crippen LogP contribution in [0.25, 0.3) is 10.8 Å². The molecule has 0 unspecified atom stereocenters. The van der Waals surface area contributed by atoms with Gasteiger partial charge in [0.1, 0.15) is 17.4 Å². The van der Waals surface area contributed by atoms with Crippen LogP contribution in [-0.4, -0.2) is 6.09 Å². The molecule has 0 atom stereocenters. The molecular formula is C17H11F2NO2. The van der Waals surface area contributed by atoms with Gasteiger partial charge in [0.15, 0.2) is 0 Å². The monoisotopic (exact) mass is 299 g/mol. The van der Waals surface area contributed by atoms with Crippen molar-refractivity contribution in [2.75, 3.05) is 5.32 Å². The van der Waals surface area contributed by atoms with Gasteiger partial charge in [-0.15, -0.1) is 0 Å². The van der Waals surface area contributed by atoms with Gasteiger partial charge in [0.2, 0.25) is 0 Å². The third kappa shape index (κ3) is 3.03. The lowest BCUT2D eigenvalue weighted by Gasteiger charge is -2.08. The van der Waals surface area contributed by atoms with Crippen molar-refractivity contribution in [3.05, 3.63) is 72.3 Å². The average molecular weight is 299 g/mol. The molecule has 110 valence electrons. The van der Waals surface area contributed by atoms with Crippen molar-refractivity contribution >= 4 is 22.6 Å². The molecule has 3 rings (SSSR count). The molecule has 0 aliphatic heterocycles. The van der Waals surface area contributed by atoms with E-state index in [4.69, 9.17) is 4.74 Å². The molecular weight excluding hydrogens is 288 g/mol. The van der Waals surface area contributed by atoms with Gasteiger partial charge in [-0.05, 0) is 35.0 Å². The molecule has 1 N–H and O–H groups in total. The number of hydrogen-bond acceptors (Lipinski definition) is 2. The number of benzene rings is 3. The Morgan fingerprint density at radius 3 is 2.45 bits per heavy atom. The summed E-state index contributed by atoms with van der Waals surface area (Å²) in [6.07, 6.45) is -0.846. The van der Waals surface area contributed by atoms with Crippen LogP contribution in [0.1, 0.15) is 0 Å². The van der Waals surface area contributed by atoms with Crippen molar-refractivity contribution in [3.63, 3.8) is 0 Å². The second-order valence-electron chi connectivity index (χ2n) is 4.65. The minimum Gasteiger partial charge on any atom is -0.410 e. The number of carbonyl (C=O) groups excluding carboxylic acids is 1. The van der Waals surface area contributed by atoms with E-state index < -0.39 is 17.7 Å². The molecule has 0 spiro atoms. The van der Waals surface area contributed by atoms with Gasteiger partial charge >= 0.3 is 6.09 Å². The highest BCUT2D eigenvalue weighted by molar-refractivity contribution is 5.88. The largest absolute Gasteiger partial charge is 0.417 e. The highest BCUT2D eigenvalue weighted by Gasteiger charge is 2.10. The fourth-order valence-corrected chi connectivity index (χ4v) is 2.06. The van der Waals surface area contributed by atoms with Crippen LogP contribution in [0, 0.1) is 11.6 Å². The second kappa shape index (κ2) is 5.81. The third-order valence-electron chi connectivity index (χ3n) is 3.10. The Labute approximate surface area is 125 Å². The molecule has 0 fully saturated rings. The van der Waals surface area contributed by atoms with E-state index in [9.17, 15) is 13.6 Å². The van der Waals surface area contributed by atoms with Crippen LogP contribution in [0.15, 0.2) is 60.7 Å². The van der Waals surface area contributed by atoms with Crippen LogP contribution in [-0.2, 0) is 0 Å². The highest BCUT2D eigenvalue weighted by Crippen LogP contribution is 2.21. The summed E-state index contributed by atoms with van der Waals surface area (Å²) in [5.41, 5.74) is -0.146. The topological polar surface area (TPSA) is 38.3 Å². The van der Waals surface area contributed by atoms with E-state index >= 15 is 0 Å². The minimum atomic E-state index is -0.865. The summed E-state index contributed by atoms with van der Waals surface area (Å²) in [5, 5.41) is 4.16. The lowest BCUT2D eigenvalue weighted by molar-refractivity contribution is 0.215. The van der Waals surface area contributed by atoms with Gasteiger partial charge < -0.3 is 4.74 Å². The number of nitrogens with one attached hydrogen (secondary N) is 1. The molecule has 0 aliphatic carbocycles. The number of rotatable bonds is 2. The Bertz CT molecular complexity index is 849. The van der Waals surface area contributed by atoms with E-state index in [1.807, 2.05) is 30.3 Å². The zero-order chi connectivity index (χ0) is 15.5. The first-order valence-electron chi connectivity index (χ1n) is 6.54. The third-order valence-corrected chi connectivity index (χ3v) is 3.10. The number of amides is 1. The SMILES string of the molecule is O=C(Nc1ccc(F)cc1F)Oc1ccc2ccccc2c1. The number of halogens is 2. The summed E-state index contributed by atoms with van der Waals surface area (Å²) in [6.45, 7) is 0. The standard InChI is InChI=1S/C17H11F2NO2/c18-13-6-8-16(15(19)10-13)20-17(21)22-14-7-5-11-3-1-2-4-12(11)9-14/h1-10H,(H,20,21). The van der Waals surface area contributed by atoms with Gasteiger partial charge in [-0.25, -0.2) is 13.6 Å². The Morgan fingerprint density at radius 2 is 1.68 bits per heavy atom. The van der Waals surface area contributed by atoms with E-state index in [1.165, 1.54) is 0 Å². The molecule has 0 heterocycles. The molecule has 0 saturated heterocycles. The summed E-state index contributed by atoms with van der Waals surface area (Å²) >= 11 is 0. The van der Waals surface area contributed by atoms with Crippen LogP contribution < -0.4 is 10.1 Å². The summed E-state index contributed by atoms with van der Waals surface area (Å²) in [5.74, 6) is -1.25. The average Bonchev–Trinajstić information content (AvgIpc) is 2.50. The van der Waals surface area contributed by atoms with Gasteiger partial charge in [0, 0.05) is 6.07 Å². The molecule has 0 radical (unpaired) electrons. The molecule has 3 aromatic carbocycles. The van der Waals surface area contributed by atoms with Crippen LogP contribution in [0.5, 0.6) is 5.75 Å². The fourth-order valence-electron chi connectivity index (χ4n) is 2.06. The maximum atomic E-state index is 13.4. The van der Waals surface area contributed by atoms with E-state index in [-0.39, 0.29) is 5.69 Å². The summed E-state index contributed by atoms with van der Waals surface area (Å²) in [6, 6.07) is 15.6. The predicted octanol–water partition coefficient (Wildman–Crippen LogP) is 4.73. The van der Waals surface area contributed by atoms with Gasteiger partial charge in [-0.3, -0.25) is 5.32 Å². The van der Waals surface area contributed by atoms with Crippen LogP contribution in [0.4, 0.5) is 19.3 Å². The first-order chi connectivity index (χ1) is 10.6. The minimum absolute atomic E-state index is 0.146. The molecule has 0 bridgehead atoms. The first kappa shape index (κ1) is 14.0. The molecule has 0 saturated carbocycles. The number of ether oxygens (including phenoxy) is 1. The van der Waals surface area contributed by atoms with Crippen LogP contribution in [0.3, 0.4) is 0 Å². The van der Waals surface area contributed by atoms with Crippen molar-refractivity contribution in [2.24, 2.45) is 0 Å². The van der Waals surface area contributed by atoms with Crippen LogP contribution in [0.2, 0.25) is 0 Å². The Morgan fingerprint density at radius 1 is 0.909 bits per heavy atom. The van der Waals surface area contributed by atoms with Crippen molar-refractivity contribution in [1.82, 2.24) is 0 Å². The molecule has 3 aromatic rings. The van der Waals surface area contributed by atoms with Crippen molar-refractivity contribution in [2.45, 2.75) is 0 Å². The van der Waals surface area contributed by atoms with Gasteiger partial charge in [-0.2, -0.15) is 0 Å². The molecule has 0 aromatic heterocycles. The van der Waals surface area contributed by atoms with E-state index in [0.29, 0.717) is 11.8 Å². The summed E-state index contributed by atoms with van der Waals surface area (Å²) in [7, 11) is 0. The predicted molar refractivity (Wildman–Crippen MR) is 80.0 cm³/mol. The van der Waals surface area contributed by atoms with Crippen LogP contribution >= 0.6 is 0 Å².